The zero-order valence-corrected chi connectivity index (χ0v) is 7.45. The number of hydrogen-bond donors (Lipinski definition) is 0. The molecule has 0 amide bonds. The molecule has 1 atom stereocenters. The van der Waals surface area contributed by atoms with Gasteiger partial charge in [0.05, 0.1) is 0 Å². The molecule has 0 fully saturated rings. The second-order valence-corrected chi connectivity index (χ2v) is 3.98. The average molecular weight is 160 g/mol. The van der Waals surface area contributed by atoms with Gasteiger partial charge in [0.15, 0.2) is 0 Å². The Morgan fingerprint density at radius 3 is 2.70 bits per heavy atom. The van der Waals surface area contributed by atoms with E-state index in [1.807, 2.05) is 6.08 Å². The molecular formula is C8H16OS. The Balaban J connectivity index is 3.16. The maximum absolute atomic E-state index is 11.0. The summed E-state index contributed by atoms with van der Waals surface area (Å²) in [7, 11) is -0.591. The lowest BCUT2D eigenvalue weighted by Gasteiger charge is -1.96. The molecule has 0 N–H and O–H groups in total. The average Bonchev–Trinajstić information content (AvgIpc) is 1.97. The van der Waals surface area contributed by atoms with E-state index >= 15 is 0 Å². The third kappa shape index (κ3) is 6.02. The molecule has 0 aliphatic heterocycles. The zero-order chi connectivity index (χ0) is 7.82. The summed E-state index contributed by atoms with van der Waals surface area (Å²) in [6.07, 6.45) is 4.93. The molecule has 1 unspecified atom stereocenters. The Bertz CT molecular complexity index is 110. The van der Waals surface area contributed by atoms with Crippen LogP contribution in [0, 0.1) is 0 Å². The maximum Gasteiger partial charge on any atom is 0.0269 e. The van der Waals surface area contributed by atoms with Crippen molar-refractivity contribution in [1.82, 2.24) is 0 Å². The van der Waals surface area contributed by atoms with E-state index in [1.54, 1.807) is 0 Å². The van der Waals surface area contributed by atoms with Gasteiger partial charge in [0.25, 0.3) is 0 Å². The second-order valence-electron chi connectivity index (χ2n) is 2.28. The Morgan fingerprint density at radius 1 is 1.50 bits per heavy atom. The van der Waals surface area contributed by atoms with E-state index in [0.717, 1.165) is 30.8 Å². The summed E-state index contributed by atoms with van der Waals surface area (Å²) < 4.78 is 11.0. The summed E-state index contributed by atoms with van der Waals surface area (Å²) in [6.45, 7) is 5.69. The van der Waals surface area contributed by atoms with Crippen molar-refractivity contribution in [2.45, 2.75) is 26.2 Å². The van der Waals surface area contributed by atoms with Crippen LogP contribution in [0.2, 0.25) is 0 Å². The van der Waals surface area contributed by atoms with Crippen molar-refractivity contribution in [3.63, 3.8) is 0 Å². The first-order valence-corrected chi connectivity index (χ1v) is 5.26. The fourth-order valence-electron chi connectivity index (χ4n) is 0.622. The minimum absolute atomic E-state index is 0.591. The molecule has 0 aromatic heterocycles. The van der Waals surface area contributed by atoms with Gasteiger partial charge in [0.1, 0.15) is 0 Å². The van der Waals surface area contributed by atoms with Crippen LogP contribution in [-0.2, 0) is 10.8 Å². The highest BCUT2D eigenvalue weighted by molar-refractivity contribution is 7.84. The Labute approximate surface area is 66.0 Å². The first-order chi connectivity index (χ1) is 4.81. The molecule has 2 heteroatoms. The quantitative estimate of drug-likeness (QED) is 0.544. The third-order valence-electron chi connectivity index (χ3n) is 1.28. The van der Waals surface area contributed by atoms with Gasteiger partial charge in [0.2, 0.25) is 0 Å². The van der Waals surface area contributed by atoms with Crippen LogP contribution >= 0.6 is 0 Å². The lowest BCUT2D eigenvalue weighted by atomic mass is 10.4. The third-order valence-corrected chi connectivity index (χ3v) is 2.71. The van der Waals surface area contributed by atoms with Crippen LogP contribution in [0.15, 0.2) is 12.7 Å². The molecule has 0 aromatic rings. The van der Waals surface area contributed by atoms with Crippen LogP contribution in [0.5, 0.6) is 0 Å². The first-order valence-electron chi connectivity index (χ1n) is 3.77. The van der Waals surface area contributed by atoms with Crippen LogP contribution in [0.25, 0.3) is 0 Å². The minimum Gasteiger partial charge on any atom is -0.260 e. The molecule has 1 nitrogen and oxygen atoms in total. The van der Waals surface area contributed by atoms with Gasteiger partial charge >= 0.3 is 0 Å². The molecule has 10 heavy (non-hydrogen) atoms. The normalized spacial score (nSPS) is 12.9. The maximum atomic E-state index is 11.0. The predicted octanol–water partition coefficient (Wildman–Crippen LogP) is 2.11. The van der Waals surface area contributed by atoms with Crippen molar-refractivity contribution in [3.8, 4) is 0 Å². The van der Waals surface area contributed by atoms with Gasteiger partial charge in [-0.15, -0.1) is 6.58 Å². The molecule has 60 valence electrons. The number of hydrogen-bond acceptors (Lipinski definition) is 1. The summed E-state index contributed by atoms with van der Waals surface area (Å²) in [5.41, 5.74) is 0. The predicted molar refractivity (Wildman–Crippen MR) is 47.6 cm³/mol. The van der Waals surface area contributed by atoms with Gasteiger partial charge in [-0.3, -0.25) is 4.21 Å². The molecule has 0 aromatic carbocycles. The highest BCUT2D eigenvalue weighted by Gasteiger charge is 1.95. The van der Waals surface area contributed by atoms with Gasteiger partial charge in [-0.1, -0.05) is 19.4 Å². The summed E-state index contributed by atoms with van der Waals surface area (Å²) in [4.78, 5) is 0. The fraction of sp³-hybridized carbons (Fsp3) is 0.750. The standard InChI is InChI=1S/C8H16OS/c1-3-5-7-10(9)8-6-4-2/h3H,1,4-8H2,2H3. The van der Waals surface area contributed by atoms with Crippen LogP contribution < -0.4 is 0 Å². The molecule has 0 radical (unpaired) electrons. The fourth-order valence-corrected chi connectivity index (χ4v) is 1.87. The highest BCUT2D eigenvalue weighted by Crippen LogP contribution is 1.94. The Kier molecular flexibility index (Phi) is 6.93. The topological polar surface area (TPSA) is 17.1 Å². The molecule has 0 aliphatic rings. The molecule has 0 rings (SSSR count). The monoisotopic (exact) mass is 160 g/mol. The molecule has 0 spiro atoms. The molecule has 0 saturated carbocycles. The van der Waals surface area contributed by atoms with Crippen LogP contribution in [0.4, 0.5) is 0 Å². The lowest BCUT2D eigenvalue weighted by molar-refractivity contribution is 0.679. The zero-order valence-electron chi connectivity index (χ0n) is 6.64. The number of rotatable bonds is 6. The second kappa shape index (κ2) is 7.00. The van der Waals surface area contributed by atoms with E-state index in [1.165, 1.54) is 0 Å². The van der Waals surface area contributed by atoms with Crippen LogP contribution in [0.3, 0.4) is 0 Å². The van der Waals surface area contributed by atoms with Gasteiger partial charge in [-0.2, -0.15) is 0 Å². The van der Waals surface area contributed by atoms with E-state index in [4.69, 9.17) is 0 Å². The highest BCUT2D eigenvalue weighted by atomic mass is 32.2. The van der Waals surface area contributed by atoms with Crippen molar-refractivity contribution < 1.29 is 4.21 Å². The van der Waals surface area contributed by atoms with Crippen molar-refractivity contribution in [2.24, 2.45) is 0 Å². The molecular weight excluding hydrogens is 144 g/mol. The SMILES string of the molecule is C=CCCS(=O)CCCC. The summed E-state index contributed by atoms with van der Waals surface area (Å²) in [5, 5.41) is 0. The molecule has 0 heterocycles. The van der Waals surface area contributed by atoms with E-state index in [-0.39, 0.29) is 0 Å². The van der Waals surface area contributed by atoms with Crippen molar-refractivity contribution >= 4 is 10.8 Å². The number of unbranched alkanes of at least 4 members (excludes halogenated alkanes) is 1. The van der Waals surface area contributed by atoms with E-state index < -0.39 is 10.8 Å². The van der Waals surface area contributed by atoms with Crippen molar-refractivity contribution in [3.05, 3.63) is 12.7 Å². The minimum atomic E-state index is -0.591. The first kappa shape index (κ1) is 9.89. The summed E-state index contributed by atoms with van der Waals surface area (Å²) in [6, 6.07) is 0. The molecule has 0 bridgehead atoms. The van der Waals surface area contributed by atoms with Gasteiger partial charge in [0, 0.05) is 22.3 Å². The van der Waals surface area contributed by atoms with E-state index in [9.17, 15) is 4.21 Å². The van der Waals surface area contributed by atoms with Crippen molar-refractivity contribution in [1.29, 1.82) is 0 Å². The van der Waals surface area contributed by atoms with Crippen LogP contribution in [0.1, 0.15) is 26.2 Å². The van der Waals surface area contributed by atoms with Crippen LogP contribution in [-0.4, -0.2) is 15.7 Å². The van der Waals surface area contributed by atoms with Gasteiger partial charge < -0.3 is 0 Å². The molecule has 0 aliphatic carbocycles. The number of allylic oxidation sites excluding steroid dienone is 1. The summed E-state index contributed by atoms with van der Waals surface area (Å²) >= 11 is 0. The van der Waals surface area contributed by atoms with E-state index in [0.29, 0.717) is 0 Å². The van der Waals surface area contributed by atoms with Crippen molar-refractivity contribution in [2.75, 3.05) is 11.5 Å². The summed E-state index contributed by atoms with van der Waals surface area (Å²) in [5.74, 6) is 1.66. The Morgan fingerprint density at radius 2 is 2.20 bits per heavy atom. The van der Waals surface area contributed by atoms with Gasteiger partial charge in [-0.25, -0.2) is 0 Å². The molecule has 0 saturated heterocycles. The van der Waals surface area contributed by atoms with Gasteiger partial charge in [-0.05, 0) is 12.8 Å². The lowest BCUT2D eigenvalue weighted by Crippen LogP contribution is -2.00. The smallest absolute Gasteiger partial charge is 0.0269 e. The van der Waals surface area contributed by atoms with E-state index in [2.05, 4.69) is 13.5 Å². The Hall–Kier alpha value is -0.110. The largest absolute Gasteiger partial charge is 0.260 e.